The Kier molecular flexibility index (Phi) is 48.9. The molecule has 5 nitrogen and oxygen atoms in total. The topological polar surface area (TPSA) is 61.8 Å². The summed E-state index contributed by atoms with van der Waals surface area (Å²) in [6, 6.07) is 0. The van der Waals surface area contributed by atoms with Crippen LogP contribution < -0.4 is 0 Å². The minimum atomic E-state index is -0.544. The molecule has 0 aliphatic rings. The van der Waals surface area contributed by atoms with Crippen LogP contribution in [0.1, 0.15) is 252 Å². The summed E-state index contributed by atoms with van der Waals surface area (Å²) in [5.74, 6) is -0.414. The fourth-order valence-corrected chi connectivity index (χ4v) is 7.13. The van der Waals surface area contributed by atoms with E-state index in [-0.39, 0.29) is 25.2 Å². The first kappa shape index (κ1) is 57.6. The molecule has 0 rings (SSSR count). The molecule has 0 bridgehead atoms. The van der Waals surface area contributed by atoms with Gasteiger partial charge in [0.1, 0.15) is 6.61 Å². The van der Waals surface area contributed by atoms with Crippen LogP contribution >= 0.6 is 0 Å². The maximum absolute atomic E-state index is 12.7. The summed E-state index contributed by atoms with van der Waals surface area (Å²) in [6.45, 7) is 7.74. The molecule has 0 radical (unpaired) electrons. The number of allylic oxidation sites excluding steroid dienone is 10. The molecule has 0 aromatic carbocycles. The van der Waals surface area contributed by atoms with E-state index in [1.165, 1.54) is 148 Å². The maximum atomic E-state index is 12.7. The standard InChI is InChI=1S/C55H98O5/c1-4-7-10-13-16-19-21-23-25-27-28-29-30-32-34-37-39-42-45-48-54(56)59-52-53(60-55(57)49-46-43-40-36-18-15-12-9-6-3)51-58-50-47-44-41-38-35-33-31-26-24-22-20-17-14-11-8-5-2/h16-17,19-20,23-26,28-29,53H,4-15,18,21-22,27,30-52H2,1-3H3/b19-16-,20-17-,25-23-,26-24-,29-28-. The minimum absolute atomic E-state index is 0.0749. The molecule has 1 atom stereocenters. The van der Waals surface area contributed by atoms with Crippen molar-refractivity contribution in [2.75, 3.05) is 19.8 Å². The Labute approximate surface area is 373 Å². The van der Waals surface area contributed by atoms with E-state index in [2.05, 4.69) is 81.5 Å². The highest BCUT2D eigenvalue weighted by molar-refractivity contribution is 5.70. The van der Waals surface area contributed by atoms with Gasteiger partial charge in [-0.15, -0.1) is 0 Å². The Hall–Kier alpha value is -2.40. The second-order valence-corrected chi connectivity index (χ2v) is 17.1. The second kappa shape index (κ2) is 51.0. The van der Waals surface area contributed by atoms with Crippen molar-refractivity contribution >= 4 is 11.9 Å². The smallest absolute Gasteiger partial charge is 0.306 e. The van der Waals surface area contributed by atoms with Crippen LogP contribution in [-0.4, -0.2) is 37.9 Å². The third kappa shape index (κ3) is 48.3. The van der Waals surface area contributed by atoms with Crippen molar-refractivity contribution in [2.45, 2.75) is 258 Å². The molecule has 0 aliphatic carbocycles. The van der Waals surface area contributed by atoms with Crippen molar-refractivity contribution in [1.82, 2.24) is 0 Å². The monoisotopic (exact) mass is 839 g/mol. The lowest BCUT2D eigenvalue weighted by Crippen LogP contribution is -2.30. The molecule has 0 saturated heterocycles. The van der Waals surface area contributed by atoms with Gasteiger partial charge in [-0.3, -0.25) is 9.59 Å². The molecule has 5 heteroatoms. The highest BCUT2D eigenvalue weighted by Crippen LogP contribution is 2.14. The van der Waals surface area contributed by atoms with Gasteiger partial charge in [-0.2, -0.15) is 0 Å². The van der Waals surface area contributed by atoms with E-state index >= 15 is 0 Å². The molecule has 0 saturated carbocycles. The number of hydrogen-bond acceptors (Lipinski definition) is 5. The molecule has 0 aromatic heterocycles. The first-order valence-corrected chi connectivity index (χ1v) is 25.8. The zero-order valence-corrected chi connectivity index (χ0v) is 40.0. The largest absolute Gasteiger partial charge is 0.462 e. The minimum Gasteiger partial charge on any atom is -0.462 e. The molecule has 0 aromatic rings. The van der Waals surface area contributed by atoms with Crippen LogP contribution in [0.25, 0.3) is 0 Å². The summed E-state index contributed by atoms with van der Waals surface area (Å²) in [4.78, 5) is 25.3. The summed E-state index contributed by atoms with van der Waals surface area (Å²) in [5.41, 5.74) is 0. The fourth-order valence-electron chi connectivity index (χ4n) is 7.13. The molecule has 0 amide bonds. The van der Waals surface area contributed by atoms with Gasteiger partial charge in [-0.05, 0) is 89.9 Å². The van der Waals surface area contributed by atoms with Crippen molar-refractivity contribution in [3.05, 3.63) is 60.8 Å². The van der Waals surface area contributed by atoms with E-state index in [0.29, 0.717) is 19.4 Å². The molecule has 0 spiro atoms. The van der Waals surface area contributed by atoms with Crippen LogP contribution in [0.3, 0.4) is 0 Å². The number of unbranched alkanes of at least 4 members (excludes halogenated alkanes) is 26. The Morgan fingerprint density at radius 2 is 0.700 bits per heavy atom. The SMILES string of the molecule is CCCCC/C=C\C/C=C\C/C=C\CCCCCCCCC(=O)OCC(COCCCCCCCC/C=C\C/C=C\CCCCC)OC(=O)CCCCCCCCCCC. The van der Waals surface area contributed by atoms with E-state index in [4.69, 9.17) is 14.2 Å². The number of carbonyl (C=O) groups excluding carboxylic acids is 2. The van der Waals surface area contributed by atoms with Crippen molar-refractivity contribution < 1.29 is 23.8 Å². The molecule has 0 aliphatic heterocycles. The van der Waals surface area contributed by atoms with Gasteiger partial charge in [-0.1, -0.05) is 210 Å². The van der Waals surface area contributed by atoms with E-state index in [9.17, 15) is 9.59 Å². The lowest BCUT2D eigenvalue weighted by molar-refractivity contribution is -0.163. The van der Waals surface area contributed by atoms with Crippen molar-refractivity contribution in [3.8, 4) is 0 Å². The van der Waals surface area contributed by atoms with Crippen LogP contribution in [0.15, 0.2) is 60.8 Å². The van der Waals surface area contributed by atoms with Gasteiger partial charge in [-0.25, -0.2) is 0 Å². The van der Waals surface area contributed by atoms with E-state index in [0.717, 1.165) is 70.6 Å². The van der Waals surface area contributed by atoms with Gasteiger partial charge in [0.25, 0.3) is 0 Å². The average Bonchev–Trinajstić information content (AvgIpc) is 3.25. The molecule has 0 N–H and O–H groups in total. The van der Waals surface area contributed by atoms with Gasteiger partial charge in [0.15, 0.2) is 6.10 Å². The summed E-state index contributed by atoms with van der Waals surface area (Å²) in [5, 5.41) is 0. The fraction of sp³-hybridized carbons (Fsp3) is 0.782. The predicted molar refractivity (Wildman–Crippen MR) is 261 cm³/mol. The van der Waals surface area contributed by atoms with Gasteiger partial charge >= 0.3 is 11.9 Å². The normalized spacial score (nSPS) is 12.7. The first-order chi connectivity index (χ1) is 29.6. The number of ether oxygens (including phenoxy) is 3. The van der Waals surface area contributed by atoms with E-state index < -0.39 is 6.10 Å². The summed E-state index contributed by atoms with van der Waals surface area (Å²) in [6.07, 6.45) is 63.7. The Balaban J connectivity index is 4.22. The maximum Gasteiger partial charge on any atom is 0.306 e. The third-order valence-electron chi connectivity index (χ3n) is 11.0. The van der Waals surface area contributed by atoms with Crippen LogP contribution in [0.4, 0.5) is 0 Å². The highest BCUT2D eigenvalue weighted by Gasteiger charge is 2.17. The quantitative estimate of drug-likeness (QED) is 0.0347. The van der Waals surface area contributed by atoms with Crippen LogP contribution in [0, 0.1) is 0 Å². The summed E-state index contributed by atoms with van der Waals surface area (Å²) in [7, 11) is 0. The number of esters is 2. The molecule has 0 heterocycles. The molecule has 60 heavy (non-hydrogen) atoms. The van der Waals surface area contributed by atoms with Crippen molar-refractivity contribution in [1.29, 1.82) is 0 Å². The third-order valence-corrected chi connectivity index (χ3v) is 11.0. The predicted octanol–water partition coefficient (Wildman–Crippen LogP) is 17.3. The second-order valence-electron chi connectivity index (χ2n) is 17.1. The number of rotatable bonds is 47. The Morgan fingerprint density at radius 1 is 0.367 bits per heavy atom. The van der Waals surface area contributed by atoms with Crippen LogP contribution in [-0.2, 0) is 23.8 Å². The molecule has 1 unspecified atom stereocenters. The molecular formula is C55H98O5. The Bertz CT molecular complexity index is 1040. The number of carbonyl (C=O) groups is 2. The summed E-state index contributed by atoms with van der Waals surface area (Å²) < 4.78 is 17.4. The molecule has 0 fully saturated rings. The van der Waals surface area contributed by atoms with Gasteiger partial charge in [0, 0.05) is 19.4 Å². The highest BCUT2D eigenvalue weighted by atomic mass is 16.6. The van der Waals surface area contributed by atoms with Crippen molar-refractivity contribution in [2.24, 2.45) is 0 Å². The van der Waals surface area contributed by atoms with E-state index in [1.54, 1.807) is 0 Å². The lowest BCUT2D eigenvalue weighted by Gasteiger charge is -2.18. The zero-order valence-electron chi connectivity index (χ0n) is 40.0. The molecular weight excluding hydrogens is 741 g/mol. The Morgan fingerprint density at radius 3 is 1.15 bits per heavy atom. The zero-order chi connectivity index (χ0) is 43.5. The van der Waals surface area contributed by atoms with Crippen LogP contribution in [0.2, 0.25) is 0 Å². The number of hydrogen-bond donors (Lipinski definition) is 0. The van der Waals surface area contributed by atoms with Crippen LogP contribution in [0.5, 0.6) is 0 Å². The molecule has 348 valence electrons. The lowest BCUT2D eigenvalue weighted by atomic mass is 10.1. The average molecular weight is 839 g/mol. The van der Waals surface area contributed by atoms with Crippen molar-refractivity contribution in [3.63, 3.8) is 0 Å². The summed E-state index contributed by atoms with van der Waals surface area (Å²) >= 11 is 0. The first-order valence-electron chi connectivity index (χ1n) is 25.8. The van der Waals surface area contributed by atoms with Gasteiger partial charge < -0.3 is 14.2 Å². The van der Waals surface area contributed by atoms with Gasteiger partial charge in [0.2, 0.25) is 0 Å². The van der Waals surface area contributed by atoms with Gasteiger partial charge in [0.05, 0.1) is 6.61 Å². The van der Waals surface area contributed by atoms with E-state index in [1.807, 2.05) is 0 Å².